The summed E-state index contributed by atoms with van der Waals surface area (Å²) in [5, 5.41) is 6.04. The fourth-order valence-corrected chi connectivity index (χ4v) is 2.08. The van der Waals surface area contributed by atoms with Crippen molar-refractivity contribution >= 4 is 21.8 Å². The first-order chi connectivity index (χ1) is 9.20. The number of amides is 1. The molecule has 114 valence electrons. The van der Waals surface area contributed by atoms with Crippen molar-refractivity contribution < 1.29 is 22.7 Å². The second kappa shape index (κ2) is 6.57. The molecule has 0 radical (unpaired) electrons. The maximum absolute atomic E-state index is 12.7. The van der Waals surface area contributed by atoms with E-state index in [1.807, 2.05) is 0 Å². The quantitative estimate of drug-likeness (QED) is 0.822. The van der Waals surface area contributed by atoms with Crippen molar-refractivity contribution in [1.82, 2.24) is 15.1 Å². The molecule has 1 rings (SSSR count). The van der Waals surface area contributed by atoms with Gasteiger partial charge in [0.05, 0.1) is 16.8 Å². The summed E-state index contributed by atoms with van der Waals surface area (Å²) < 4.78 is 43.9. The van der Waals surface area contributed by atoms with Gasteiger partial charge in [0, 0.05) is 13.7 Å². The van der Waals surface area contributed by atoms with Crippen LogP contribution in [0.3, 0.4) is 0 Å². The molecule has 0 saturated carbocycles. The number of aromatic nitrogens is 2. The predicted octanol–water partition coefficient (Wildman–Crippen LogP) is 2.30. The van der Waals surface area contributed by atoms with Gasteiger partial charge in [-0.1, -0.05) is 0 Å². The molecule has 1 aromatic rings. The van der Waals surface area contributed by atoms with Crippen molar-refractivity contribution in [2.24, 2.45) is 0 Å². The zero-order valence-corrected chi connectivity index (χ0v) is 12.8. The Bertz CT molecular complexity index is 488. The second-order valence-electron chi connectivity index (χ2n) is 4.15. The summed E-state index contributed by atoms with van der Waals surface area (Å²) in [4.78, 5) is 11.8. The van der Waals surface area contributed by atoms with Gasteiger partial charge in [-0.25, -0.2) is 0 Å². The van der Waals surface area contributed by atoms with E-state index in [0.717, 1.165) is 4.68 Å². The van der Waals surface area contributed by atoms with Crippen LogP contribution in [0, 0.1) is 6.92 Å². The van der Waals surface area contributed by atoms with E-state index in [0.29, 0.717) is 6.61 Å². The summed E-state index contributed by atoms with van der Waals surface area (Å²) in [6, 6.07) is -0.848. The Morgan fingerprint density at radius 1 is 1.55 bits per heavy atom. The van der Waals surface area contributed by atoms with E-state index in [2.05, 4.69) is 26.3 Å². The number of alkyl halides is 3. The first-order valence-electron chi connectivity index (χ1n) is 5.78. The number of rotatable bonds is 5. The molecule has 1 aromatic heterocycles. The highest BCUT2D eigenvalue weighted by atomic mass is 79.9. The monoisotopic (exact) mass is 357 g/mol. The number of nitrogens with zero attached hydrogens (tertiary/aromatic N) is 2. The van der Waals surface area contributed by atoms with Gasteiger partial charge in [-0.3, -0.25) is 9.48 Å². The molecule has 9 heteroatoms. The molecular weight excluding hydrogens is 343 g/mol. The summed E-state index contributed by atoms with van der Waals surface area (Å²) in [6.45, 7) is 3.56. The zero-order chi connectivity index (χ0) is 15.5. The maximum Gasteiger partial charge on any atom is 0.436 e. The van der Waals surface area contributed by atoms with Gasteiger partial charge in [0.2, 0.25) is 5.91 Å². The van der Waals surface area contributed by atoms with E-state index in [4.69, 9.17) is 4.74 Å². The third-order valence-corrected chi connectivity index (χ3v) is 3.65. The molecule has 0 spiro atoms. The van der Waals surface area contributed by atoms with Crippen molar-refractivity contribution in [1.29, 1.82) is 0 Å². The van der Waals surface area contributed by atoms with Gasteiger partial charge in [-0.05, 0) is 29.8 Å². The van der Waals surface area contributed by atoms with Crippen LogP contribution in [0.2, 0.25) is 0 Å². The van der Waals surface area contributed by atoms with Crippen molar-refractivity contribution in [3.8, 4) is 0 Å². The lowest BCUT2D eigenvalue weighted by atomic mass is 10.3. The SMILES string of the molecule is COCCNC(=O)C(C)n1nc(C(F)(F)F)c(Br)c1C. The third-order valence-electron chi connectivity index (χ3n) is 2.70. The summed E-state index contributed by atoms with van der Waals surface area (Å²) >= 11 is 2.86. The largest absolute Gasteiger partial charge is 0.436 e. The van der Waals surface area contributed by atoms with Crippen LogP contribution in [0.4, 0.5) is 13.2 Å². The third kappa shape index (κ3) is 3.72. The number of carbonyl (C=O) groups is 1. The minimum atomic E-state index is -4.57. The van der Waals surface area contributed by atoms with Gasteiger partial charge in [0.15, 0.2) is 5.69 Å². The van der Waals surface area contributed by atoms with Crippen LogP contribution in [-0.2, 0) is 15.7 Å². The van der Waals surface area contributed by atoms with E-state index < -0.39 is 23.8 Å². The van der Waals surface area contributed by atoms with E-state index in [1.165, 1.54) is 21.0 Å². The molecule has 0 aliphatic carbocycles. The number of nitrogens with one attached hydrogen (secondary N) is 1. The normalized spacial score (nSPS) is 13.3. The van der Waals surface area contributed by atoms with Crippen LogP contribution in [0.25, 0.3) is 0 Å². The Labute approximate surface area is 122 Å². The average molecular weight is 358 g/mol. The van der Waals surface area contributed by atoms with Crippen molar-refractivity contribution in [2.75, 3.05) is 20.3 Å². The average Bonchev–Trinajstić information content (AvgIpc) is 2.65. The lowest BCUT2D eigenvalue weighted by Crippen LogP contribution is -2.34. The number of hydrogen-bond acceptors (Lipinski definition) is 3. The molecule has 1 N–H and O–H groups in total. The highest BCUT2D eigenvalue weighted by Gasteiger charge is 2.38. The zero-order valence-electron chi connectivity index (χ0n) is 11.2. The minimum absolute atomic E-state index is 0.151. The Morgan fingerprint density at radius 3 is 2.60 bits per heavy atom. The van der Waals surface area contributed by atoms with Gasteiger partial charge in [0.1, 0.15) is 6.04 Å². The fraction of sp³-hybridized carbons (Fsp3) is 0.636. The highest BCUT2D eigenvalue weighted by molar-refractivity contribution is 9.10. The van der Waals surface area contributed by atoms with Gasteiger partial charge in [-0.15, -0.1) is 0 Å². The number of ether oxygens (including phenoxy) is 1. The Kier molecular flexibility index (Phi) is 5.58. The maximum atomic E-state index is 12.7. The van der Waals surface area contributed by atoms with Crippen LogP contribution in [0.5, 0.6) is 0 Å². The van der Waals surface area contributed by atoms with E-state index >= 15 is 0 Å². The summed E-state index contributed by atoms with van der Waals surface area (Å²) in [5.41, 5.74) is -0.793. The van der Waals surface area contributed by atoms with Crippen molar-refractivity contribution in [3.63, 3.8) is 0 Å². The molecule has 0 saturated heterocycles. The topological polar surface area (TPSA) is 56.1 Å². The van der Waals surface area contributed by atoms with Crippen LogP contribution in [0.1, 0.15) is 24.4 Å². The van der Waals surface area contributed by atoms with Gasteiger partial charge >= 0.3 is 6.18 Å². The molecule has 1 unspecified atom stereocenters. The summed E-state index contributed by atoms with van der Waals surface area (Å²) in [7, 11) is 1.49. The Morgan fingerprint density at radius 2 is 2.15 bits per heavy atom. The fourth-order valence-electron chi connectivity index (χ4n) is 1.59. The van der Waals surface area contributed by atoms with Crippen molar-refractivity contribution in [2.45, 2.75) is 26.1 Å². The predicted molar refractivity (Wildman–Crippen MR) is 69.3 cm³/mol. The smallest absolute Gasteiger partial charge is 0.383 e. The summed E-state index contributed by atoms with van der Waals surface area (Å²) in [5.74, 6) is -0.422. The molecule has 0 aliphatic heterocycles. The molecule has 0 aromatic carbocycles. The first kappa shape index (κ1) is 17.0. The van der Waals surface area contributed by atoms with E-state index in [-0.39, 0.29) is 16.7 Å². The number of halogens is 4. The van der Waals surface area contributed by atoms with Crippen LogP contribution in [0.15, 0.2) is 4.47 Å². The molecule has 0 fully saturated rings. The van der Waals surface area contributed by atoms with Gasteiger partial charge in [0.25, 0.3) is 0 Å². The minimum Gasteiger partial charge on any atom is -0.383 e. The van der Waals surface area contributed by atoms with Crippen LogP contribution >= 0.6 is 15.9 Å². The highest BCUT2D eigenvalue weighted by Crippen LogP contribution is 2.36. The van der Waals surface area contributed by atoms with Crippen LogP contribution < -0.4 is 5.32 Å². The summed E-state index contributed by atoms with van der Waals surface area (Å²) in [6.07, 6.45) is -4.57. The van der Waals surface area contributed by atoms with Crippen LogP contribution in [-0.4, -0.2) is 35.9 Å². The van der Waals surface area contributed by atoms with Gasteiger partial charge in [-0.2, -0.15) is 18.3 Å². The number of methoxy groups -OCH3 is 1. The number of carbonyl (C=O) groups excluding carboxylic acids is 1. The Balaban J connectivity index is 2.94. The lowest BCUT2D eigenvalue weighted by molar-refractivity contribution is -0.142. The van der Waals surface area contributed by atoms with Crippen molar-refractivity contribution in [3.05, 3.63) is 15.9 Å². The van der Waals surface area contributed by atoms with Gasteiger partial charge < -0.3 is 10.1 Å². The standard InChI is InChI=1S/C11H15BrF3N3O2/c1-6-8(12)9(11(13,14)15)17-18(6)7(2)10(19)16-4-5-20-3/h7H,4-5H2,1-3H3,(H,16,19). The molecule has 1 heterocycles. The Hall–Kier alpha value is -1.09. The molecule has 0 aliphatic rings. The number of hydrogen-bond donors (Lipinski definition) is 1. The molecule has 5 nitrogen and oxygen atoms in total. The molecule has 1 amide bonds. The molecule has 0 bridgehead atoms. The van der Waals surface area contributed by atoms with E-state index in [9.17, 15) is 18.0 Å². The lowest BCUT2D eigenvalue weighted by Gasteiger charge is -2.14. The molecule has 1 atom stereocenters. The van der Waals surface area contributed by atoms with E-state index in [1.54, 1.807) is 0 Å². The first-order valence-corrected chi connectivity index (χ1v) is 6.57. The second-order valence-corrected chi connectivity index (χ2v) is 4.94. The molecular formula is C11H15BrF3N3O2. The molecule has 20 heavy (non-hydrogen) atoms.